The Morgan fingerprint density at radius 3 is 2.38 bits per heavy atom. The normalized spacial score (nSPS) is 19.5. The molecular weight excluding hydrogens is 349 g/mol. The SMILES string of the molecule is CC(=O)SCC(=Cc1csc(C(=O)O)n1)B1OC(C)(C)C(C)(C)O1. The maximum atomic E-state index is 11.3. The molecule has 1 aliphatic heterocycles. The lowest BCUT2D eigenvalue weighted by atomic mass is 9.79. The van der Waals surface area contributed by atoms with Gasteiger partial charge in [0.2, 0.25) is 5.01 Å². The van der Waals surface area contributed by atoms with Gasteiger partial charge in [0.1, 0.15) is 0 Å². The molecule has 2 heterocycles. The molecule has 0 saturated carbocycles. The Morgan fingerprint density at radius 1 is 1.33 bits per heavy atom. The highest BCUT2D eigenvalue weighted by molar-refractivity contribution is 8.13. The molecule has 0 bridgehead atoms. The molecule has 2 rings (SSSR count). The first-order valence-corrected chi connectivity index (χ1v) is 9.26. The summed E-state index contributed by atoms with van der Waals surface area (Å²) >= 11 is 2.21. The number of carbonyl (C=O) groups is 2. The Labute approximate surface area is 149 Å². The summed E-state index contributed by atoms with van der Waals surface area (Å²) in [7, 11) is -0.600. The number of carbonyl (C=O) groups excluding carboxylic acids is 1. The monoisotopic (exact) mass is 369 g/mol. The molecule has 0 aliphatic carbocycles. The van der Waals surface area contributed by atoms with E-state index >= 15 is 0 Å². The van der Waals surface area contributed by atoms with E-state index in [9.17, 15) is 9.59 Å². The smallest absolute Gasteiger partial charge is 0.476 e. The van der Waals surface area contributed by atoms with Gasteiger partial charge < -0.3 is 14.4 Å². The van der Waals surface area contributed by atoms with E-state index in [4.69, 9.17) is 14.4 Å². The van der Waals surface area contributed by atoms with Crippen molar-refractivity contribution >= 4 is 47.4 Å². The summed E-state index contributed by atoms with van der Waals surface area (Å²) in [5, 5.41) is 10.7. The molecule has 24 heavy (non-hydrogen) atoms. The number of rotatable bonds is 5. The lowest BCUT2D eigenvalue weighted by Gasteiger charge is -2.32. The zero-order valence-corrected chi connectivity index (χ0v) is 15.9. The van der Waals surface area contributed by atoms with E-state index in [1.54, 1.807) is 11.5 Å². The molecule has 0 atom stereocenters. The van der Waals surface area contributed by atoms with Crippen LogP contribution >= 0.6 is 23.1 Å². The lowest BCUT2D eigenvalue weighted by Crippen LogP contribution is -2.41. The molecule has 6 nitrogen and oxygen atoms in total. The summed E-state index contributed by atoms with van der Waals surface area (Å²) in [6, 6.07) is 0. The Hall–Kier alpha value is -1.16. The van der Waals surface area contributed by atoms with E-state index < -0.39 is 24.3 Å². The summed E-state index contributed by atoms with van der Waals surface area (Å²) in [4.78, 5) is 26.4. The van der Waals surface area contributed by atoms with Crippen molar-refractivity contribution in [2.75, 3.05) is 5.75 Å². The van der Waals surface area contributed by atoms with Gasteiger partial charge >= 0.3 is 13.1 Å². The van der Waals surface area contributed by atoms with Gasteiger partial charge in [-0.25, -0.2) is 9.78 Å². The van der Waals surface area contributed by atoms with E-state index in [1.807, 2.05) is 27.7 Å². The molecule has 9 heteroatoms. The van der Waals surface area contributed by atoms with Crippen molar-refractivity contribution in [2.24, 2.45) is 0 Å². The highest BCUT2D eigenvalue weighted by Crippen LogP contribution is 2.39. The van der Waals surface area contributed by atoms with E-state index in [2.05, 4.69) is 4.98 Å². The van der Waals surface area contributed by atoms with Crippen LogP contribution in [0.4, 0.5) is 0 Å². The molecular formula is C15H20BNO5S2. The van der Waals surface area contributed by atoms with E-state index in [0.29, 0.717) is 11.4 Å². The van der Waals surface area contributed by atoms with Crippen LogP contribution in [0.1, 0.15) is 50.1 Å². The number of thiazole rings is 1. The fraction of sp³-hybridized carbons (Fsp3) is 0.533. The minimum atomic E-state index is -1.06. The topological polar surface area (TPSA) is 85.7 Å². The van der Waals surface area contributed by atoms with Crippen LogP contribution in [0.15, 0.2) is 10.9 Å². The molecule has 0 spiro atoms. The van der Waals surface area contributed by atoms with Gasteiger partial charge in [0.15, 0.2) is 5.12 Å². The van der Waals surface area contributed by atoms with Crippen molar-refractivity contribution in [3.8, 4) is 0 Å². The third-order valence-corrected chi connectivity index (χ3v) is 5.77. The van der Waals surface area contributed by atoms with Gasteiger partial charge in [-0.3, -0.25) is 4.79 Å². The van der Waals surface area contributed by atoms with Gasteiger partial charge in [-0.2, -0.15) is 0 Å². The van der Waals surface area contributed by atoms with Gasteiger partial charge in [-0.15, -0.1) is 11.3 Å². The number of nitrogens with zero attached hydrogens (tertiary/aromatic N) is 1. The van der Waals surface area contributed by atoms with Crippen molar-refractivity contribution in [3.05, 3.63) is 21.6 Å². The van der Waals surface area contributed by atoms with Crippen molar-refractivity contribution < 1.29 is 24.0 Å². The summed E-state index contributed by atoms with van der Waals surface area (Å²) in [6.07, 6.45) is 1.74. The number of carboxylic acids is 1. The van der Waals surface area contributed by atoms with Crippen LogP contribution in [-0.2, 0) is 14.1 Å². The molecule has 130 valence electrons. The summed E-state index contributed by atoms with van der Waals surface area (Å²) in [6.45, 7) is 9.31. The van der Waals surface area contributed by atoms with Gasteiger partial charge in [0, 0.05) is 18.1 Å². The third kappa shape index (κ3) is 4.27. The first-order chi connectivity index (χ1) is 11.0. The largest absolute Gasteiger partial charge is 0.491 e. The summed E-state index contributed by atoms with van der Waals surface area (Å²) in [5.41, 5.74) is 0.278. The maximum absolute atomic E-state index is 11.3. The van der Waals surface area contributed by atoms with Crippen molar-refractivity contribution in [3.63, 3.8) is 0 Å². The summed E-state index contributed by atoms with van der Waals surface area (Å²) < 4.78 is 12.1. The Balaban J connectivity index is 2.29. The zero-order chi connectivity index (χ0) is 18.1. The van der Waals surface area contributed by atoms with Crippen LogP contribution in [-0.4, -0.2) is 45.2 Å². The van der Waals surface area contributed by atoms with Crippen LogP contribution in [0.25, 0.3) is 6.08 Å². The Morgan fingerprint density at radius 2 is 1.92 bits per heavy atom. The average Bonchev–Trinajstić information content (AvgIpc) is 2.97. The van der Waals surface area contributed by atoms with E-state index in [-0.39, 0.29) is 10.1 Å². The minimum Gasteiger partial charge on any atom is -0.476 e. The highest BCUT2D eigenvalue weighted by Gasteiger charge is 2.52. The van der Waals surface area contributed by atoms with Gasteiger partial charge in [-0.05, 0) is 39.2 Å². The second kappa shape index (κ2) is 6.99. The molecule has 1 aliphatic rings. The first-order valence-electron chi connectivity index (χ1n) is 7.40. The predicted molar refractivity (Wildman–Crippen MR) is 96.3 cm³/mol. The molecule has 1 aromatic heterocycles. The number of aromatic carboxylic acids is 1. The molecule has 1 aromatic rings. The van der Waals surface area contributed by atoms with Gasteiger partial charge in [0.25, 0.3) is 0 Å². The van der Waals surface area contributed by atoms with Gasteiger partial charge in [-0.1, -0.05) is 11.8 Å². The third-order valence-electron chi connectivity index (χ3n) is 4.04. The number of hydrogen-bond acceptors (Lipinski definition) is 7. The predicted octanol–water partition coefficient (Wildman–Crippen LogP) is 3.14. The first kappa shape index (κ1) is 19.2. The fourth-order valence-electron chi connectivity index (χ4n) is 2.00. The van der Waals surface area contributed by atoms with Gasteiger partial charge in [0.05, 0.1) is 16.9 Å². The second-order valence-corrected chi connectivity index (χ2v) is 8.48. The molecule has 1 fully saturated rings. The number of thioether (sulfide) groups is 1. The molecule has 0 radical (unpaired) electrons. The molecule has 1 N–H and O–H groups in total. The molecule has 1 saturated heterocycles. The molecule has 0 aromatic carbocycles. The summed E-state index contributed by atoms with van der Waals surface area (Å²) in [5.74, 6) is -0.665. The maximum Gasteiger partial charge on any atom is 0.491 e. The lowest BCUT2D eigenvalue weighted by molar-refractivity contribution is -0.109. The quantitative estimate of drug-likeness (QED) is 0.798. The Bertz CT molecular complexity index is 667. The second-order valence-electron chi connectivity index (χ2n) is 6.47. The van der Waals surface area contributed by atoms with Crippen LogP contribution < -0.4 is 0 Å². The Kier molecular flexibility index (Phi) is 5.59. The van der Waals surface area contributed by atoms with Crippen LogP contribution in [0.5, 0.6) is 0 Å². The highest BCUT2D eigenvalue weighted by atomic mass is 32.2. The van der Waals surface area contributed by atoms with Crippen molar-refractivity contribution in [1.29, 1.82) is 0 Å². The minimum absolute atomic E-state index is 0.0121. The van der Waals surface area contributed by atoms with Crippen LogP contribution in [0.3, 0.4) is 0 Å². The zero-order valence-electron chi connectivity index (χ0n) is 14.3. The number of hydrogen-bond donors (Lipinski definition) is 1. The molecule has 0 unspecified atom stereocenters. The number of aromatic nitrogens is 1. The van der Waals surface area contributed by atoms with Crippen molar-refractivity contribution in [2.45, 2.75) is 45.8 Å². The van der Waals surface area contributed by atoms with E-state index in [0.717, 1.165) is 28.6 Å². The van der Waals surface area contributed by atoms with Crippen LogP contribution in [0.2, 0.25) is 0 Å². The van der Waals surface area contributed by atoms with Crippen molar-refractivity contribution in [1.82, 2.24) is 4.98 Å². The van der Waals surface area contributed by atoms with Crippen LogP contribution in [0, 0.1) is 0 Å². The number of carboxylic acid groups (broad SMARTS) is 1. The standard InChI is InChI=1S/C15H20BNO5S2/c1-9(18)23-7-10(6-11-8-24-12(17-11)13(19)20)16-21-14(2,3)15(4,5)22-16/h6,8H,7H2,1-5H3,(H,19,20). The fourth-order valence-corrected chi connectivity index (χ4v) is 3.20. The average molecular weight is 369 g/mol. The van der Waals surface area contributed by atoms with E-state index in [1.165, 1.54) is 6.92 Å². The molecule has 0 amide bonds.